The summed E-state index contributed by atoms with van der Waals surface area (Å²) >= 11 is 0. The van der Waals surface area contributed by atoms with E-state index in [0.717, 1.165) is 30.4 Å². The van der Waals surface area contributed by atoms with Crippen molar-refractivity contribution in [2.75, 3.05) is 0 Å². The van der Waals surface area contributed by atoms with Crippen molar-refractivity contribution in [2.45, 2.75) is 58.4 Å². The van der Waals surface area contributed by atoms with E-state index in [-0.39, 0.29) is 11.3 Å². The minimum atomic E-state index is -0.944. The first kappa shape index (κ1) is 23.6. The Morgan fingerprint density at radius 2 is 1.79 bits per heavy atom. The van der Waals surface area contributed by atoms with Gasteiger partial charge in [0.15, 0.2) is 5.82 Å². The summed E-state index contributed by atoms with van der Waals surface area (Å²) in [6.07, 6.45) is 11.2. The number of rotatable bonds is 9. The van der Waals surface area contributed by atoms with Gasteiger partial charge in [0.1, 0.15) is 0 Å². The molecule has 1 fully saturated rings. The molecule has 34 heavy (non-hydrogen) atoms. The molecule has 1 aliphatic rings. The molecule has 0 unspecified atom stereocenters. The van der Waals surface area contributed by atoms with E-state index in [1.807, 2.05) is 48.6 Å². The van der Waals surface area contributed by atoms with Gasteiger partial charge in [-0.2, -0.15) is 0 Å². The maximum absolute atomic E-state index is 12.9. The first-order valence-corrected chi connectivity index (χ1v) is 12.1. The van der Waals surface area contributed by atoms with Gasteiger partial charge in [0, 0.05) is 6.42 Å². The third kappa shape index (κ3) is 5.68. The van der Waals surface area contributed by atoms with Crippen LogP contribution in [0.2, 0.25) is 0 Å². The number of carbonyl (C=O) groups is 2. The summed E-state index contributed by atoms with van der Waals surface area (Å²) in [5.74, 6) is 0.504. The second-order valence-electron chi connectivity index (χ2n) is 8.94. The summed E-state index contributed by atoms with van der Waals surface area (Å²) in [7, 11) is 0. The fourth-order valence-electron chi connectivity index (χ4n) is 4.56. The number of hydrogen-bond acceptors (Lipinski definition) is 4. The highest BCUT2D eigenvalue weighted by atomic mass is 16.4. The highest BCUT2D eigenvalue weighted by Gasteiger charge is 2.22. The number of ketones is 1. The van der Waals surface area contributed by atoms with Crippen LogP contribution in [0.25, 0.3) is 17.2 Å². The maximum Gasteiger partial charge on any atom is 0.336 e. The highest BCUT2D eigenvalue weighted by molar-refractivity contribution is 5.96. The Kier molecular flexibility index (Phi) is 7.68. The number of aromatic carboxylic acids is 1. The van der Waals surface area contributed by atoms with Crippen LogP contribution in [0, 0.1) is 5.92 Å². The molecule has 4 rings (SSSR count). The molecule has 1 aliphatic carbocycles. The molecule has 2 aromatic carbocycles. The second kappa shape index (κ2) is 11.1. The molecule has 0 saturated heterocycles. The van der Waals surface area contributed by atoms with Crippen molar-refractivity contribution in [3.8, 4) is 11.1 Å². The van der Waals surface area contributed by atoms with Gasteiger partial charge in [-0.1, -0.05) is 87.6 Å². The number of Topliss-reactive ketones (excluding diaryl/α,β-unsaturated/α-hetero) is 1. The molecule has 0 atom stereocenters. The molecule has 0 bridgehead atoms. The highest BCUT2D eigenvalue weighted by Crippen LogP contribution is 2.27. The van der Waals surface area contributed by atoms with Gasteiger partial charge in [-0.3, -0.25) is 4.79 Å². The minimum Gasteiger partial charge on any atom is -0.478 e. The maximum atomic E-state index is 12.9. The lowest BCUT2D eigenvalue weighted by Crippen LogP contribution is -2.13. The van der Waals surface area contributed by atoms with Gasteiger partial charge >= 0.3 is 5.97 Å². The number of carboxylic acid groups (broad SMARTS) is 1. The Hall–Kier alpha value is -3.54. The van der Waals surface area contributed by atoms with Crippen LogP contribution in [-0.2, 0) is 6.54 Å². The van der Waals surface area contributed by atoms with Crippen LogP contribution in [0.15, 0.2) is 54.6 Å². The van der Waals surface area contributed by atoms with Gasteiger partial charge in [0.25, 0.3) is 0 Å². The fourth-order valence-corrected chi connectivity index (χ4v) is 4.56. The van der Waals surface area contributed by atoms with E-state index < -0.39 is 5.97 Å². The van der Waals surface area contributed by atoms with Crippen molar-refractivity contribution in [3.63, 3.8) is 0 Å². The standard InChI is InChI=1S/C28H31N3O3/c1-2-3-13-26-29-27(25(32)18-20-9-5-4-6-10-20)30-31(26)19-21-14-16-22(17-15-21)23-11-7-8-12-24(23)28(33)34/h3,7-8,11-17,20H,2,4-6,9-10,18-19H2,1H3,(H,33,34). The first-order valence-electron chi connectivity index (χ1n) is 12.1. The van der Waals surface area contributed by atoms with Crippen molar-refractivity contribution in [1.82, 2.24) is 14.8 Å². The summed E-state index contributed by atoms with van der Waals surface area (Å²) in [4.78, 5) is 29.0. The fraction of sp³-hybridized carbons (Fsp3) is 0.357. The number of benzene rings is 2. The molecule has 0 spiro atoms. The molecule has 1 N–H and O–H groups in total. The van der Waals surface area contributed by atoms with Crippen molar-refractivity contribution in [3.05, 3.63) is 77.4 Å². The number of aromatic nitrogens is 3. The largest absolute Gasteiger partial charge is 0.478 e. The van der Waals surface area contributed by atoms with Crippen LogP contribution in [0.5, 0.6) is 0 Å². The molecular formula is C28H31N3O3. The molecule has 0 amide bonds. The zero-order valence-corrected chi connectivity index (χ0v) is 19.6. The molecular weight excluding hydrogens is 426 g/mol. The molecule has 0 aliphatic heterocycles. The number of hydrogen-bond donors (Lipinski definition) is 1. The van der Waals surface area contributed by atoms with E-state index in [4.69, 9.17) is 0 Å². The molecule has 3 aromatic rings. The van der Waals surface area contributed by atoms with Crippen LogP contribution >= 0.6 is 0 Å². The number of nitrogens with zero attached hydrogens (tertiary/aromatic N) is 3. The van der Waals surface area contributed by atoms with Gasteiger partial charge < -0.3 is 5.11 Å². The van der Waals surface area contributed by atoms with Gasteiger partial charge in [-0.25, -0.2) is 14.5 Å². The lowest BCUT2D eigenvalue weighted by molar-refractivity contribution is 0.0697. The summed E-state index contributed by atoms with van der Waals surface area (Å²) < 4.78 is 1.78. The molecule has 0 radical (unpaired) electrons. The van der Waals surface area contributed by atoms with Crippen molar-refractivity contribution in [1.29, 1.82) is 0 Å². The second-order valence-corrected chi connectivity index (χ2v) is 8.94. The summed E-state index contributed by atoms with van der Waals surface area (Å²) in [5.41, 5.74) is 2.80. The topological polar surface area (TPSA) is 85.1 Å². The van der Waals surface area contributed by atoms with E-state index in [1.165, 1.54) is 19.3 Å². The van der Waals surface area contributed by atoms with Crippen molar-refractivity contribution < 1.29 is 14.7 Å². The zero-order valence-electron chi connectivity index (χ0n) is 19.6. The Bertz CT molecular complexity index is 1170. The quantitative estimate of drug-likeness (QED) is 0.383. The smallest absolute Gasteiger partial charge is 0.336 e. The van der Waals surface area contributed by atoms with E-state index in [2.05, 4.69) is 17.0 Å². The van der Waals surface area contributed by atoms with Crippen LogP contribution in [-0.4, -0.2) is 31.6 Å². The zero-order chi connectivity index (χ0) is 23.9. The molecule has 176 valence electrons. The van der Waals surface area contributed by atoms with Crippen LogP contribution in [0.4, 0.5) is 0 Å². The molecule has 1 heterocycles. The van der Waals surface area contributed by atoms with E-state index in [9.17, 15) is 14.7 Å². The summed E-state index contributed by atoms with van der Waals surface area (Å²) in [5, 5.41) is 14.0. The average molecular weight is 458 g/mol. The Balaban J connectivity index is 1.54. The molecule has 1 aromatic heterocycles. The number of carboxylic acids is 1. The molecule has 6 heteroatoms. The Morgan fingerprint density at radius 3 is 2.50 bits per heavy atom. The molecule has 1 saturated carbocycles. The van der Waals surface area contributed by atoms with Crippen LogP contribution < -0.4 is 0 Å². The predicted octanol–water partition coefficient (Wildman–Crippen LogP) is 6.27. The Morgan fingerprint density at radius 1 is 1.06 bits per heavy atom. The normalized spacial score (nSPS) is 14.5. The summed E-state index contributed by atoms with van der Waals surface area (Å²) in [6.45, 7) is 2.54. The summed E-state index contributed by atoms with van der Waals surface area (Å²) in [6, 6.07) is 14.8. The van der Waals surface area contributed by atoms with Crippen LogP contribution in [0.3, 0.4) is 0 Å². The first-order chi connectivity index (χ1) is 16.5. The van der Waals surface area contributed by atoms with Gasteiger partial charge in [-0.05, 0) is 41.2 Å². The Labute approximate surface area is 200 Å². The van der Waals surface area contributed by atoms with Gasteiger partial charge in [0.2, 0.25) is 11.6 Å². The van der Waals surface area contributed by atoms with Crippen LogP contribution in [0.1, 0.15) is 84.2 Å². The SMILES string of the molecule is CCC=Cc1nc(C(=O)CC2CCCCC2)nn1Cc1ccc(-c2ccccc2C(=O)O)cc1. The third-order valence-corrected chi connectivity index (χ3v) is 6.41. The van der Waals surface area contributed by atoms with Crippen molar-refractivity contribution in [2.24, 2.45) is 5.92 Å². The van der Waals surface area contributed by atoms with Crippen molar-refractivity contribution >= 4 is 17.8 Å². The lowest BCUT2D eigenvalue weighted by atomic mass is 9.86. The third-order valence-electron chi connectivity index (χ3n) is 6.41. The minimum absolute atomic E-state index is 0.0254. The predicted molar refractivity (Wildman–Crippen MR) is 133 cm³/mol. The van der Waals surface area contributed by atoms with E-state index in [0.29, 0.717) is 36.1 Å². The number of allylic oxidation sites excluding steroid dienone is 1. The monoisotopic (exact) mass is 457 g/mol. The molecule has 6 nitrogen and oxygen atoms in total. The van der Waals surface area contributed by atoms with Gasteiger partial charge in [-0.15, -0.1) is 5.10 Å². The van der Waals surface area contributed by atoms with Gasteiger partial charge in [0.05, 0.1) is 12.1 Å². The lowest BCUT2D eigenvalue weighted by Gasteiger charge is -2.19. The number of carbonyl (C=O) groups excluding carboxylic acids is 1. The van der Waals surface area contributed by atoms with E-state index in [1.54, 1.807) is 16.8 Å². The average Bonchev–Trinajstić information content (AvgIpc) is 3.26. The van der Waals surface area contributed by atoms with E-state index >= 15 is 0 Å².